The average molecular weight is 153 g/mol. The van der Waals surface area contributed by atoms with E-state index in [9.17, 15) is 13.8 Å². The molecule has 0 spiro atoms. The smallest absolute Gasteiger partial charge is 0.292 e. The minimum absolute atomic E-state index is 0.766. The van der Waals surface area contributed by atoms with Gasteiger partial charge in [0.25, 0.3) is 0 Å². The molecule has 0 aliphatic heterocycles. The molecule has 0 saturated carbocycles. The molecule has 52 valence electrons. The van der Waals surface area contributed by atoms with Gasteiger partial charge in [-0.25, -0.2) is 0 Å². The molecule has 0 rings (SSSR count). The van der Waals surface area contributed by atoms with Crippen LogP contribution in [0.1, 0.15) is 6.92 Å². The van der Waals surface area contributed by atoms with Crippen LogP contribution >= 0.6 is 8.03 Å². The number of alkyl halides is 1. The molecule has 0 aliphatic rings. The molecule has 0 aromatic carbocycles. The lowest BCUT2D eigenvalue weighted by Gasteiger charge is -1.84. The molecule has 9 heavy (non-hydrogen) atoms. The van der Waals surface area contributed by atoms with Gasteiger partial charge in [0.05, 0.1) is 7.11 Å². The molecule has 0 saturated heterocycles. The molecule has 0 aliphatic carbocycles. The van der Waals surface area contributed by atoms with Crippen molar-refractivity contribution in [2.45, 2.75) is 12.8 Å². The lowest BCUT2D eigenvalue weighted by molar-refractivity contribution is -0.119. The first-order valence-corrected chi connectivity index (χ1v) is 3.49. The Kier molecular flexibility index (Phi) is 3.50. The van der Waals surface area contributed by atoms with Crippen LogP contribution in [0.5, 0.6) is 0 Å². The van der Waals surface area contributed by atoms with Crippen molar-refractivity contribution in [1.29, 1.82) is 0 Å². The average Bonchev–Trinajstić information content (AvgIpc) is 1.84. The lowest BCUT2D eigenvalue weighted by atomic mass is 10.5. The molecule has 0 N–H and O–H groups in total. The number of ketones is 1. The first kappa shape index (κ1) is 8.66. The lowest BCUT2D eigenvalue weighted by Crippen LogP contribution is -2.06. The van der Waals surface area contributed by atoms with E-state index in [0.29, 0.717) is 0 Å². The molecule has 0 fully saturated rings. The van der Waals surface area contributed by atoms with Gasteiger partial charge in [0, 0.05) is 6.92 Å². The van der Waals surface area contributed by atoms with E-state index >= 15 is 0 Å². The fourth-order valence-electron chi connectivity index (χ4n) is 0.241. The second-order valence-corrected chi connectivity index (χ2v) is 2.80. The van der Waals surface area contributed by atoms with E-state index in [4.69, 9.17) is 0 Å². The second-order valence-electron chi connectivity index (χ2n) is 1.41. The van der Waals surface area contributed by atoms with Crippen molar-refractivity contribution >= 4 is 13.8 Å². The highest BCUT2D eigenvalue weighted by molar-refractivity contribution is 7.41. The Labute approximate surface area is 53.1 Å². The summed E-state index contributed by atoms with van der Waals surface area (Å²) in [4.78, 5) is 10.1. The quantitative estimate of drug-likeness (QED) is 0.573. The maximum absolute atomic E-state index is 12.2. The van der Waals surface area contributed by atoms with Gasteiger partial charge in [-0.05, 0) is 4.57 Å². The van der Waals surface area contributed by atoms with Gasteiger partial charge in [0.1, 0.15) is 0 Å². The number of carbonyl (C=O) groups is 1. The van der Waals surface area contributed by atoms with E-state index < -0.39 is 19.7 Å². The second kappa shape index (κ2) is 3.64. The van der Waals surface area contributed by atoms with Crippen molar-refractivity contribution in [2.75, 3.05) is 7.11 Å². The monoisotopic (exact) mass is 153 g/mol. The summed E-state index contributed by atoms with van der Waals surface area (Å²) in [6.45, 7) is 1.02. The first-order valence-electron chi connectivity index (χ1n) is 2.24. The van der Waals surface area contributed by atoms with Gasteiger partial charge in [0.15, 0.2) is 0 Å². The van der Waals surface area contributed by atoms with E-state index in [1.807, 2.05) is 0 Å². The molecule has 3 nitrogen and oxygen atoms in total. The van der Waals surface area contributed by atoms with E-state index in [1.165, 1.54) is 0 Å². The van der Waals surface area contributed by atoms with E-state index in [0.717, 1.165) is 14.0 Å². The molecular formula is C4H7FO3P+. The molecule has 0 heterocycles. The summed E-state index contributed by atoms with van der Waals surface area (Å²) in [7, 11) is -1.35. The standard InChI is InChI=1S/C4H7FO3P/c1-3(6)4(5)9(7)8-2/h4H,1-2H3/q+1. The highest BCUT2D eigenvalue weighted by Crippen LogP contribution is 2.29. The molecule has 5 heteroatoms. The highest BCUT2D eigenvalue weighted by atomic mass is 31.1. The van der Waals surface area contributed by atoms with Gasteiger partial charge >= 0.3 is 13.9 Å². The van der Waals surface area contributed by atoms with Crippen molar-refractivity contribution in [1.82, 2.24) is 0 Å². The van der Waals surface area contributed by atoms with E-state index in [2.05, 4.69) is 4.52 Å². The van der Waals surface area contributed by atoms with Crippen LogP contribution < -0.4 is 0 Å². The predicted octanol–water partition coefficient (Wildman–Crippen LogP) is 1.26. The maximum atomic E-state index is 12.2. The third-order valence-corrected chi connectivity index (χ3v) is 1.79. The number of hydrogen-bond donors (Lipinski definition) is 0. The minimum Gasteiger partial charge on any atom is -0.292 e. The topological polar surface area (TPSA) is 43.4 Å². The zero-order valence-corrected chi connectivity index (χ0v) is 6.02. The van der Waals surface area contributed by atoms with Crippen LogP contribution in [-0.2, 0) is 13.9 Å². The largest absolute Gasteiger partial charge is 0.553 e. The van der Waals surface area contributed by atoms with Crippen LogP contribution in [0.2, 0.25) is 0 Å². The number of hydrogen-bond acceptors (Lipinski definition) is 3. The van der Waals surface area contributed by atoms with Crippen molar-refractivity contribution in [3.05, 3.63) is 0 Å². The van der Waals surface area contributed by atoms with Crippen LogP contribution in [0.3, 0.4) is 0 Å². The molecular weight excluding hydrogens is 146 g/mol. The predicted molar refractivity (Wildman–Crippen MR) is 30.2 cm³/mol. The molecule has 0 bridgehead atoms. The molecule has 0 radical (unpaired) electrons. The van der Waals surface area contributed by atoms with Crippen LogP contribution in [-0.4, -0.2) is 18.8 Å². The Morgan fingerprint density at radius 3 is 2.33 bits per heavy atom. The molecule has 2 unspecified atom stereocenters. The summed E-state index contributed by atoms with van der Waals surface area (Å²) >= 11 is 0. The molecule has 0 amide bonds. The summed E-state index contributed by atoms with van der Waals surface area (Å²) in [6.07, 6.45) is 0. The summed E-state index contributed by atoms with van der Waals surface area (Å²) in [5.74, 6) is -2.73. The number of halogens is 1. The van der Waals surface area contributed by atoms with Crippen LogP contribution in [0.15, 0.2) is 0 Å². The fourth-order valence-corrected chi connectivity index (χ4v) is 0.723. The van der Waals surface area contributed by atoms with Crippen molar-refractivity contribution < 1.29 is 18.3 Å². The van der Waals surface area contributed by atoms with Gasteiger partial charge in [-0.1, -0.05) is 0 Å². The van der Waals surface area contributed by atoms with Crippen molar-refractivity contribution in [3.63, 3.8) is 0 Å². The molecule has 0 aromatic rings. The summed E-state index contributed by atoms with van der Waals surface area (Å²) in [6, 6.07) is 0. The summed E-state index contributed by atoms with van der Waals surface area (Å²) in [5, 5.41) is 0. The minimum atomic E-state index is -2.45. The van der Waals surface area contributed by atoms with Crippen LogP contribution in [0, 0.1) is 0 Å². The zero-order valence-electron chi connectivity index (χ0n) is 5.13. The third-order valence-electron chi connectivity index (χ3n) is 0.700. The van der Waals surface area contributed by atoms with Gasteiger partial charge < -0.3 is 0 Å². The Morgan fingerprint density at radius 1 is 1.78 bits per heavy atom. The Bertz CT molecular complexity index is 136. The zero-order chi connectivity index (χ0) is 7.44. The summed E-state index contributed by atoms with van der Waals surface area (Å²) in [5.41, 5.74) is 0. The van der Waals surface area contributed by atoms with Crippen molar-refractivity contribution in [3.8, 4) is 0 Å². The Hall–Kier alpha value is -0.340. The normalized spacial score (nSPS) is 14.8. The number of rotatable bonds is 3. The Balaban J connectivity index is 3.88. The van der Waals surface area contributed by atoms with E-state index in [-0.39, 0.29) is 0 Å². The number of carbonyl (C=O) groups excluding carboxylic acids is 1. The van der Waals surface area contributed by atoms with Crippen LogP contribution in [0.25, 0.3) is 0 Å². The first-order chi connectivity index (χ1) is 4.09. The van der Waals surface area contributed by atoms with Gasteiger partial charge in [-0.2, -0.15) is 4.39 Å². The van der Waals surface area contributed by atoms with Gasteiger partial charge in [0.2, 0.25) is 5.78 Å². The number of Topliss-reactive ketones (excluding diaryl/α,β-unsaturated/α-hetero) is 1. The van der Waals surface area contributed by atoms with Gasteiger partial charge in [-0.3, -0.25) is 4.79 Å². The molecule has 2 atom stereocenters. The Morgan fingerprint density at radius 2 is 2.22 bits per heavy atom. The van der Waals surface area contributed by atoms with Crippen LogP contribution in [0.4, 0.5) is 4.39 Å². The highest BCUT2D eigenvalue weighted by Gasteiger charge is 2.35. The SMILES string of the molecule is CO[P+](=O)C(F)C(C)=O. The fraction of sp³-hybridized carbons (Fsp3) is 0.750. The molecule has 0 aromatic heterocycles. The maximum Gasteiger partial charge on any atom is 0.553 e. The van der Waals surface area contributed by atoms with Crippen molar-refractivity contribution in [2.24, 2.45) is 0 Å². The third kappa shape index (κ3) is 2.63. The van der Waals surface area contributed by atoms with Gasteiger partial charge in [-0.15, -0.1) is 4.52 Å². The summed E-state index contributed by atoms with van der Waals surface area (Å²) < 4.78 is 26.5. The van der Waals surface area contributed by atoms with E-state index in [1.54, 1.807) is 0 Å².